The van der Waals surface area contributed by atoms with E-state index >= 15 is 0 Å². The maximum absolute atomic E-state index is 12.8. The lowest BCUT2D eigenvalue weighted by Gasteiger charge is -2.30. The van der Waals surface area contributed by atoms with E-state index in [4.69, 9.17) is 0 Å². The van der Waals surface area contributed by atoms with Crippen LogP contribution in [0.25, 0.3) is 0 Å². The highest BCUT2D eigenvalue weighted by molar-refractivity contribution is 7.88. The molecule has 1 saturated heterocycles. The molecule has 1 fully saturated rings. The fraction of sp³-hybridized carbons (Fsp3) is 0.500. The largest absolute Gasteiger partial charge is 0.352 e. The van der Waals surface area contributed by atoms with Crippen molar-refractivity contribution in [2.75, 3.05) is 19.3 Å². The second-order valence-electron chi connectivity index (χ2n) is 5.30. The number of carbonyl (C=O) groups is 1. The van der Waals surface area contributed by atoms with Crippen molar-refractivity contribution in [1.29, 1.82) is 0 Å². The number of amides is 1. The van der Waals surface area contributed by atoms with Gasteiger partial charge in [0.25, 0.3) is 0 Å². The van der Waals surface area contributed by atoms with Gasteiger partial charge in [0.1, 0.15) is 5.82 Å². The summed E-state index contributed by atoms with van der Waals surface area (Å²) in [5, 5.41) is 2.78. The summed E-state index contributed by atoms with van der Waals surface area (Å²) < 4.78 is 37.2. The van der Waals surface area contributed by atoms with Crippen molar-refractivity contribution < 1.29 is 17.6 Å². The number of benzene rings is 1. The Morgan fingerprint density at radius 3 is 2.67 bits per heavy atom. The number of rotatable bonds is 4. The highest BCUT2D eigenvalue weighted by Gasteiger charge is 2.29. The fourth-order valence-electron chi connectivity index (χ4n) is 2.39. The predicted octanol–water partition coefficient (Wildman–Crippen LogP) is 1.11. The summed E-state index contributed by atoms with van der Waals surface area (Å²) in [6.45, 7) is 1.02. The molecule has 5 nitrogen and oxygen atoms in total. The number of halogens is 1. The number of sulfonamides is 1. The molecule has 0 saturated carbocycles. The molecule has 0 radical (unpaired) electrons. The first-order valence-corrected chi connectivity index (χ1v) is 8.68. The van der Waals surface area contributed by atoms with E-state index in [1.165, 1.54) is 16.4 Å². The monoisotopic (exact) mass is 314 g/mol. The van der Waals surface area contributed by atoms with Crippen LogP contribution in [-0.4, -0.2) is 38.0 Å². The molecule has 0 aliphatic carbocycles. The molecule has 21 heavy (non-hydrogen) atoms. The van der Waals surface area contributed by atoms with Crippen molar-refractivity contribution in [3.63, 3.8) is 0 Å². The van der Waals surface area contributed by atoms with Crippen LogP contribution in [0, 0.1) is 11.7 Å². The lowest BCUT2D eigenvalue weighted by atomic mass is 9.99. The Morgan fingerprint density at radius 1 is 1.38 bits per heavy atom. The Labute approximate surface area is 124 Å². The molecular formula is C14H19FN2O3S. The summed E-state index contributed by atoms with van der Waals surface area (Å²) in [4.78, 5) is 12.1. The minimum Gasteiger partial charge on any atom is -0.352 e. The van der Waals surface area contributed by atoms with E-state index in [1.807, 2.05) is 0 Å². The minimum atomic E-state index is -3.25. The molecule has 0 aromatic heterocycles. The Hall–Kier alpha value is -1.47. The van der Waals surface area contributed by atoms with E-state index in [0.29, 0.717) is 25.9 Å². The Kier molecular flexibility index (Phi) is 4.95. The standard InChI is InChI=1S/C14H19FN2O3S/c1-21(19,20)17-8-2-3-12(10-17)14(18)16-9-11-4-6-13(15)7-5-11/h4-7,12H,2-3,8-10H2,1H3,(H,16,18)/t12-/m0/s1. The Morgan fingerprint density at radius 2 is 2.05 bits per heavy atom. The van der Waals surface area contributed by atoms with Gasteiger partial charge in [0.05, 0.1) is 12.2 Å². The smallest absolute Gasteiger partial charge is 0.224 e. The van der Waals surface area contributed by atoms with Gasteiger partial charge in [-0.1, -0.05) is 12.1 Å². The second kappa shape index (κ2) is 6.53. The Balaban J connectivity index is 1.89. The van der Waals surface area contributed by atoms with Crippen LogP contribution in [0.5, 0.6) is 0 Å². The van der Waals surface area contributed by atoms with Gasteiger partial charge >= 0.3 is 0 Å². The normalized spacial score (nSPS) is 20.2. The van der Waals surface area contributed by atoms with E-state index in [-0.39, 0.29) is 24.2 Å². The van der Waals surface area contributed by atoms with Crippen molar-refractivity contribution in [2.24, 2.45) is 5.92 Å². The van der Waals surface area contributed by atoms with Gasteiger partial charge in [-0.2, -0.15) is 0 Å². The quantitative estimate of drug-likeness (QED) is 0.905. The lowest BCUT2D eigenvalue weighted by molar-refractivity contribution is -0.126. The minimum absolute atomic E-state index is 0.160. The van der Waals surface area contributed by atoms with Gasteiger partial charge in [0, 0.05) is 19.6 Å². The van der Waals surface area contributed by atoms with Crippen molar-refractivity contribution in [3.8, 4) is 0 Å². The first kappa shape index (κ1) is 15.9. The van der Waals surface area contributed by atoms with Crippen LogP contribution in [0.3, 0.4) is 0 Å². The molecule has 1 aromatic carbocycles. The second-order valence-corrected chi connectivity index (χ2v) is 7.29. The summed E-state index contributed by atoms with van der Waals surface area (Å²) in [6.07, 6.45) is 2.52. The molecule has 0 spiro atoms. The molecule has 1 atom stereocenters. The SMILES string of the molecule is CS(=O)(=O)N1CCC[C@H](C(=O)NCc2ccc(F)cc2)C1. The number of nitrogens with one attached hydrogen (secondary N) is 1. The van der Waals surface area contributed by atoms with Crippen LogP contribution in [0.4, 0.5) is 4.39 Å². The lowest BCUT2D eigenvalue weighted by Crippen LogP contribution is -2.44. The number of nitrogens with zero attached hydrogens (tertiary/aromatic N) is 1. The highest BCUT2D eigenvalue weighted by atomic mass is 32.2. The Bertz CT molecular complexity index is 601. The van der Waals surface area contributed by atoms with Crippen LogP contribution in [0.2, 0.25) is 0 Å². The van der Waals surface area contributed by atoms with Crippen molar-refractivity contribution in [3.05, 3.63) is 35.6 Å². The third-order valence-electron chi connectivity index (χ3n) is 3.60. The predicted molar refractivity (Wildman–Crippen MR) is 77.4 cm³/mol. The van der Waals surface area contributed by atoms with E-state index in [9.17, 15) is 17.6 Å². The highest BCUT2D eigenvalue weighted by Crippen LogP contribution is 2.19. The van der Waals surface area contributed by atoms with Crippen LogP contribution in [0.1, 0.15) is 18.4 Å². The van der Waals surface area contributed by atoms with Crippen LogP contribution < -0.4 is 5.32 Å². The number of piperidine rings is 1. The van der Waals surface area contributed by atoms with E-state index < -0.39 is 10.0 Å². The molecule has 116 valence electrons. The third-order valence-corrected chi connectivity index (χ3v) is 4.87. The van der Waals surface area contributed by atoms with Gasteiger partial charge in [0.15, 0.2) is 0 Å². The molecule has 1 aromatic rings. The zero-order valence-electron chi connectivity index (χ0n) is 11.9. The van der Waals surface area contributed by atoms with Gasteiger partial charge in [0.2, 0.25) is 15.9 Å². The summed E-state index contributed by atoms with van der Waals surface area (Å²) >= 11 is 0. The fourth-order valence-corrected chi connectivity index (χ4v) is 3.30. The molecule has 1 aliphatic heterocycles. The molecule has 1 aliphatic rings. The molecule has 1 heterocycles. The van der Waals surface area contributed by atoms with Crippen LogP contribution in [-0.2, 0) is 21.4 Å². The summed E-state index contributed by atoms with van der Waals surface area (Å²) in [7, 11) is -3.25. The van der Waals surface area contributed by atoms with Crippen LogP contribution >= 0.6 is 0 Å². The van der Waals surface area contributed by atoms with Crippen LogP contribution in [0.15, 0.2) is 24.3 Å². The van der Waals surface area contributed by atoms with Crippen molar-refractivity contribution in [2.45, 2.75) is 19.4 Å². The van der Waals surface area contributed by atoms with E-state index in [1.54, 1.807) is 12.1 Å². The average Bonchev–Trinajstić information content (AvgIpc) is 2.45. The van der Waals surface area contributed by atoms with E-state index in [2.05, 4.69) is 5.32 Å². The molecule has 7 heteroatoms. The maximum atomic E-state index is 12.8. The first-order valence-electron chi connectivity index (χ1n) is 6.83. The summed E-state index contributed by atoms with van der Waals surface area (Å²) in [5.74, 6) is -0.803. The molecule has 1 amide bonds. The summed E-state index contributed by atoms with van der Waals surface area (Å²) in [6, 6.07) is 5.90. The maximum Gasteiger partial charge on any atom is 0.224 e. The first-order chi connectivity index (χ1) is 9.86. The zero-order valence-corrected chi connectivity index (χ0v) is 12.7. The van der Waals surface area contributed by atoms with Gasteiger partial charge in [-0.15, -0.1) is 0 Å². The third kappa shape index (κ3) is 4.50. The zero-order chi connectivity index (χ0) is 15.5. The van der Waals surface area contributed by atoms with Gasteiger partial charge < -0.3 is 5.32 Å². The van der Waals surface area contributed by atoms with Crippen molar-refractivity contribution in [1.82, 2.24) is 9.62 Å². The van der Waals surface area contributed by atoms with Gasteiger partial charge in [-0.05, 0) is 30.5 Å². The molecule has 2 rings (SSSR count). The number of carbonyl (C=O) groups excluding carboxylic acids is 1. The summed E-state index contributed by atoms with van der Waals surface area (Å²) in [5.41, 5.74) is 0.806. The van der Waals surface area contributed by atoms with Gasteiger partial charge in [-0.25, -0.2) is 17.1 Å². The number of hydrogen-bond donors (Lipinski definition) is 1. The number of hydrogen-bond acceptors (Lipinski definition) is 3. The van der Waals surface area contributed by atoms with Crippen molar-refractivity contribution >= 4 is 15.9 Å². The average molecular weight is 314 g/mol. The molecule has 0 bridgehead atoms. The molecular weight excluding hydrogens is 295 g/mol. The van der Waals surface area contributed by atoms with E-state index in [0.717, 1.165) is 11.8 Å². The van der Waals surface area contributed by atoms with Gasteiger partial charge in [-0.3, -0.25) is 4.79 Å². The molecule has 0 unspecified atom stereocenters. The topological polar surface area (TPSA) is 66.5 Å². The molecule has 1 N–H and O–H groups in total.